The Morgan fingerprint density at radius 1 is 0.786 bits per heavy atom. The highest BCUT2D eigenvalue weighted by Gasteiger charge is 2.24. The standard InChI is InChI=1S/C12H8OS/c14-13-11-7-3-6-10-8-4-1-2-5-9(8)12(10)11/h1-7,14H. The van der Waals surface area contributed by atoms with Crippen molar-refractivity contribution in [2.45, 2.75) is 0 Å². The summed E-state index contributed by atoms with van der Waals surface area (Å²) in [6.45, 7) is 0. The largest absolute Gasteiger partial charge is 0.428 e. The molecule has 0 unspecified atom stereocenters. The van der Waals surface area contributed by atoms with Gasteiger partial charge in [-0.1, -0.05) is 36.4 Å². The van der Waals surface area contributed by atoms with Gasteiger partial charge in [0.15, 0.2) is 0 Å². The molecule has 0 heterocycles. The lowest BCUT2D eigenvalue weighted by Gasteiger charge is -2.24. The first-order chi connectivity index (χ1) is 6.92. The van der Waals surface area contributed by atoms with E-state index in [2.05, 4.69) is 37.2 Å². The predicted octanol–water partition coefficient (Wildman–Crippen LogP) is 3.56. The van der Waals surface area contributed by atoms with Gasteiger partial charge in [-0.05, 0) is 22.8 Å². The molecule has 0 radical (unpaired) electrons. The molecule has 0 amide bonds. The van der Waals surface area contributed by atoms with Gasteiger partial charge in [0, 0.05) is 18.5 Å². The highest BCUT2D eigenvalue weighted by molar-refractivity contribution is 7.75. The summed E-state index contributed by atoms with van der Waals surface area (Å²) in [7, 11) is 0. The van der Waals surface area contributed by atoms with Gasteiger partial charge in [0.25, 0.3) is 0 Å². The van der Waals surface area contributed by atoms with Crippen LogP contribution in [0.4, 0.5) is 0 Å². The molecule has 0 saturated heterocycles. The van der Waals surface area contributed by atoms with Gasteiger partial charge in [-0.3, -0.25) is 0 Å². The van der Waals surface area contributed by atoms with Gasteiger partial charge < -0.3 is 4.18 Å². The van der Waals surface area contributed by atoms with Crippen LogP contribution in [0, 0.1) is 0 Å². The van der Waals surface area contributed by atoms with Crippen molar-refractivity contribution in [3.63, 3.8) is 0 Å². The smallest absolute Gasteiger partial charge is 0.145 e. The summed E-state index contributed by atoms with van der Waals surface area (Å²) in [5.74, 6) is 0.838. The highest BCUT2D eigenvalue weighted by Crippen LogP contribution is 2.51. The first-order valence-corrected chi connectivity index (χ1v) is 4.82. The third kappa shape index (κ3) is 0.863. The van der Waals surface area contributed by atoms with Crippen molar-refractivity contribution in [2.24, 2.45) is 0 Å². The van der Waals surface area contributed by atoms with Crippen molar-refractivity contribution < 1.29 is 4.18 Å². The molecule has 2 aromatic carbocycles. The molecular formula is C12H8OS. The first kappa shape index (κ1) is 7.94. The molecule has 1 aliphatic carbocycles. The van der Waals surface area contributed by atoms with Gasteiger partial charge in [-0.25, -0.2) is 0 Å². The summed E-state index contributed by atoms with van der Waals surface area (Å²) in [6, 6.07) is 14.3. The Bertz CT molecular complexity index is 505. The molecule has 14 heavy (non-hydrogen) atoms. The summed E-state index contributed by atoms with van der Waals surface area (Å²) in [5.41, 5.74) is 4.99. The van der Waals surface area contributed by atoms with E-state index in [4.69, 9.17) is 4.18 Å². The Hall–Kier alpha value is -1.41. The summed E-state index contributed by atoms with van der Waals surface area (Å²) in [6.07, 6.45) is 0. The number of hydrogen-bond acceptors (Lipinski definition) is 2. The van der Waals surface area contributed by atoms with E-state index in [9.17, 15) is 0 Å². The zero-order chi connectivity index (χ0) is 9.54. The zero-order valence-electron chi connectivity index (χ0n) is 7.40. The molecule has 3 rings (SSSR count). The van der Waals surface area contributed by atoms with Crippen LogP contribution in [0.5, 0.6) is 5.75 Å². The molecule has 2 heteroatoms. The van der Waals surface area contributed by atoms with Crippen LogP contribution < -0.4 is 4.18 Å². The molecule has 1 aliphatic rings. The second-order valence-electron chi connectivity index (χ2n) is 3.32. The van der Waals surface area contributed by atoms with Crippen molar-refractivity contribution in [3.05, 3.63) is 42.5 Å². The minimum absolute atomic E-state index is 0.838. The van der Waals surface area contributed by atoms with Gasteiger partial charge >= 0.3 is 0 Å². The van der Waals surface area contributed by atoms with Crippen LogP contribution in [0.25, 0.3) is 22.3 Å². The molecule has 0 fully saturated rings. The fourth-order valence-electron chi connectivity index (χ4n) is 1.98. The first-order valence-electron chi connectivity index (χ1n) is 4.46. The molecular weight excluding hydrogens is 192 g/mol. The second-order valence-corrected chi connectivity index (χ2v) is 3.50. The minimum Gasteiger partial charge on any atom is -0.428 e. The average molecular weight is 200 g/mol. The van der Waals surface area contributed by atoms with E-state index in [1.165, 1.54) is 22.3 Å². The molecule has 0 aromatic heterocycles. The normalized spacial score (nSPS) is 11.2. The van der Waals surface area contributed by atoms with Crippen LogP contribution in [0.2, 0.25) is 0 Å². The van der Waals surface area contributed by atoms with Crippen LogP contribution in [0.15, 0.2) is 42.5 Å². The molecule has 0 bridgehead atoms. The molecule has 0 N–H and O–H groups in total. The van der Waals surface area contributed by atoms with Gasteiger partial charge in [0.1, 0.15) is 5.75 Å². The van der Waals surface area contributed by atoms with Crippen LogP contribution in [-0.4, -0.2) is 0 Å². The molecule has 0 atom stereocenters. The molecule has 68 valence electrons. The fourth-order valence-corrected chi connectivity index (χ4v) is 2.14. The van der Waals surface area contributed by atoms with E-state index in [1.54, 1.807) is 0 Å². The van der Waals surface area contributed by atoms with Gasteiger partial charge in [0.2, 0.25) is 0 Å². The van der Waals surface area contributed by atoms with Gasteiger partial charge in [-0.2, -0.15) is 0 Å². The van der Waals surface area contributed by atoms with E-state index in [1.807, 2.05) is 18.2 Å². The van der Waals surface area contributed by atoms with E-state index in [0.29, 0.717) is 0 Å². The lowest BCUT2D eigenvalue weighted by Crippen LogP contribution is -1.99. The number of benzene rings is 2. The molecule has 0 aliphatic heterocycles. The Morgan fingerprint density at radius 2 is 1.50 bits per heavy atom. The number of thiol groups is 1. The summed E-state index contributed by atoms with van der Waals surface area (Å²) < 4.78 is 5.03. The fraction of sp³-hybridized carbons (Fsp3) is 0. The van der Waals surface area contributed by atoms with Crippen molar-refractivity contribution in [3.8, 4) is 28.0 Å². The van der Waals surface area contributed by atoms with Crippen LogP contribution in [0.3, 0.4) is 0 Å². The zero-order valence-corrected chi connectivity index (χ0v) is 8.29. The third-order valence-corrected chi connectivity index (χ3v) is 2.81. The number of rotatable bonds is 1. The summed E-state index contributed by atoms with van der Waals surface area (Å²) >= 11 is 3.85. The van der Waals surface area contributed by atoms with Gasteiger partial charge in [0.05, 0.1) is 0 Å². The number of hydrogen-bond donors (Lipinski definition) is 1. The maximum atomic E-state index is 5.03. The highest BCUT2D eigenvalue weighted by atomic mass is 32.1. The predicted molar refractivity (Wildman–Crippen MR) is 60.5 cm³/mol. The molecule has 0 saturated carbocycles. The minimum atomic E-state index is 0.838. The van der Waals surface area contributed by atoms with E-state index < -0.39 is 0 Å². The monoisotopic (exact) mass is 200 g/mol. The van der Waals surface area contributed by atoms with E-state index >= 15 is 0 Å². The van der Waals surface area contributed by atoms with Crippen molar-refractivity contribution in [1.29, 1.82) is 0 Å². The van der Waals surface area contributed by atoms with E-state index in [0.717, 1.165) is 5.75 Å². The van der Waals surface area contributed by atoms with Crippen LogP contribution in [0.1, 0.15) is 0 Å². The lowest BCUT2D eigenvalue weighted by atomic mass is 9.80. The Morgan fingerprint density at radius 3 is 2.29 bits per heavy atom. The SMILES string of the molecule is SOc1cccc2c1-c1ccccc1-2. The third-order valence-electron chi connectivity index (χ3n) is 2.61. The van der Waals surface area contributed by atoms with Crippen LogP contribution >= 0.6 is 12.9 Å². The van der Waals surface area contributed by atoms with Crippen LogP contribution in [-0.2, 0) is 0 Å². The quantitative estimate of drug-likeness (QED) is 0.467. The van der Waals surface area contributed by atoms with Crippen molar-refractivity contribution in [2.75, 3.05) is 0 Å². The van der Waals surface area contributed by atoms with Crippen molar-refractivity contribution in [1.82, 2.24) is 0 Å². The molecule has 1 nitrogen and oxygen atoms in total. The molecule has 2 aromatic rings. The Balaban J connectivity index is 2.28. The van der Waals surface area contributed by atoms with E-state index in [-0.39, 0.29) is 0 Å². The maximum absolute atomic E-state index is 5.03. The number of fused-ring (bicyclic) bond motifs is 4. The molecule has 0 spiro atoms. The van der Waals surface area contributed by atoms with Gasteiger partial charge in [-0.15, -0.1) is 0 Å². The Labute approximate surface area is 88.0 Å². The summed E-state index contributed by atoms with van der Waals surface area (Å²) in [4.78, 5) is 0. The summed E-state index contributed by atoms with van der Waals surface area (Å²) in [5, 5.41) is 0. The maximum Gasteiger partial charge on any atom is 0.145 e. The van der Waals surface area contributed by atoms with Crippen molar-refractivity contribution >= 4 is 12.9 Å². The second kappa shape index (κ2) is 2.79. The topological polar surface area (TPSA) is 9.23 Å². The lowest BCUT2D eigenvalue weighted by molar-refractivity contribution is 0.661. The Kier molecular flexibility index (Phi) is 1.58. The average Bonchev–Trinajstić information content (AvgIpc) is 2.24.